The largest absolute Gasteiger partial charge is 0.340 e. The number of benzene rings is 2. The summed E-state index contributed by atoms with van der Waals surface area (Å²) in [5, 5.41) is 2.73. The van der Waals surface area contributed by atoms with Gasteiger partial charge in [0.1, 0.15) is 12.1 Å². The Morgan fingerprint density at radius 3 is 2.43 bits per heavy atom. The first-order valence-corrected chi connectivity index (χ1v) is 9.70. The molecule has 28 heavy (non-hydrogen) atoms. The number of rotatable bonds is 5. The molecule has 0 radical (unpaired) electrons. The Hall–Kier alpha value is -2.67. The lowest BCUT2D eigenvalue weighted by molar-refractivity contribution is -0.138. The Morgan fingerprint density at radius 2 is 1.79 bits per heavy atom. The first-order chi connectivity index (χ1) is 13.2. The Balaban J connectivity index is 1.72. The van der Waals surface area contributed by atoms with Crippen molar-refractivity contribution in [3.05, 3.63) is 69.7 Å². The van der Waals surface area contributed by atoms with Gasteiger partial charge in [-0.2, -0.15) is 0 Å². The molecule has 2 aromatic rings. The van der Waals surface area contributed by atoms with E-state index < -0.39 is 17.5 Å². The van der Waals surface area contributed by atoms with Gasteiger partial charge in [0.2, 0.25) is 5.91 Å². The summed E-state index contributed by atoms with van der Waals surface area (Å²) in [6.07, 6.45) is 0. The first kappa shape index (κ1) is 20.1. The third-order valence-corrected chi connectivity index (χ3v) is 5.76. The highest BCUT2D eigenvalue weighted by molar-refractivity contribution is 9.10. The average Bonchev–Trinajstić information content (AvgIpc) is 2.88. The molecule has 1 heterocycles. The van der Waals surface area contributed by atoms with Crippen molar-refractivity contribution in [2.45, 2.75) is 25.9 Å². The van der Waals surface area contributed by atoms with Crippen molar-refractivity contribution in [1.82, 2.24) is 15.1 Å². The van der Waals surface area contributed by atoms with E-state index in [2.05, 4.69) is 21.2 Å². The molecule has 2 aromatic carbocycles. The summed E-state index contributed by atoms with van der Waals surface area (Å²) in [5.41, 5.74) is 1.52. The van der Waals surface area contributed by atoms with Crippen LogP contribution in [-0.2, 0) is 21.7 Å². The van der Waals surface area contributed by atoms with E-state index in [4.69, 9.17) is 0 Å². The summed E-state index contributed by atoms with van der Waals surface area (Å²) >= 11 is 3.46. The van der Waals surface area contributed by atoms with Gasteiger partial charge >= 0.3 is 6.03 Å². The lowest BCUT2D eigenvalue weighted by Crippen LogP contribution is -2.43. The Kier molecular flexibility index (Phi) is 5.56. The van der Waals surface area contributed by atoms with Crippen molar-refractivity contribution < 1.29 is 14.4 Å². The molecule has 1 fully saturated rings. The highest BCUT2D eigenvalue weighted by Crippen LogP contribution is 2.29. The molecule has 0 bridgehead atoms. The van der Waals surface area contributed by atoms with Gasteiger partial charge in [0.15, 0.2) is 0 Å². The summed E-state index contributed by atoms with van der Waals surface area (Å²) in [7, 11) is 1.65. The van der Waals surface area contributed by atoms with E-state index in [1.807, 2.05) is 55.5 Å². The summed E-state index contributed by atoms with van der Waals surface area (Å²) in [6.45, 7) is 3.69. The van der Waals surface area contributed by atoms with Crippen LogP contribution in [0.3, 0.4) is 0 Å². The normalized spacial score (nSPS) is 18.9. The zero-order valence-electron chi connectivity index (χ0n) is 16.0. The standard InChI is InChI=1S/C21H22BrN3O3/c1-14-8-10-16(11-9-14)21(2)19(27)25(20(28)23-21)13-18(26)24(3)12-15-6-4-5-7-17(15)22/h4-11H,12-13H2,1-3H3,(H,23,28). The predicted octanol–water partition coefficient (Wildman–Crippen LogP) is 3.18. The van der Waals surface area contributed by atoms with Gasteiger partial charge in [0, 0.05) is 18.1 Å². The summed E-state index contributed by atoms with van der Waals surface area (Å²) in [5.74, 6) is -0.739. The Morgan fingerprint density at radius 1 is 1.14 bits per heavy atom. The molecular formula is C21H22BrN3O3. The van der Waals surface area contributed by atoms with Crippen molar-refractivity contribution in [3.63, 3.8) is 0 Å². The topological polar surface area (TPSA) is 69.7 Å². The maximum Gasteiger partial charge on any atom is 0.325 e. The minimum atomic E-state index is -1.17. The van der Waals surface area contributed by atoms with E-state index in [1.165, 1.54) is 4.90 Å². The van der Waals surface area contributed by atoms with Crippen LogP contribution in [-0.4, -0.2) is 41.2 Å². The fourth-order valence-electron chi connectivity index (χ4n) is 3.15. The second kappa shape index (κ2) is 7.75. The molecule has 4 amide bonds. The predicted molar refractivity (Wildman–Crippen MR) is 109 cm³/mol. The van der Waals surface area contributed by atoms with Gasteiger partial charge in [-0.1, -0.05) is 64.0 Å². The lowest BCUT2D eigenvalue weighted by Gasteiger charge is -2.23. The van der Waals surface area contributed by atoms with E-state index in [0.717, 1.165) is 20.5 Å². The number of carbonyl (C=O) groups excluding carboxylic acids is 3. The lowest BCUT2D eigenvalue weighted by atomic mass is 9.91. The molecule has 146 valence electrons. The summed E-state index contributed by atoms with van der Waals surface area (Å²) < 4.78 is 0.900. The van der Waals surface area contributed by atoms with Gasteiger partial charge in [-0.05, 0) is 31.0 Å². The van der Waals surface area contributed by atoms with Gasteiger partial charge in [0.25, 0.3) is 5.91 Å². The number of hydrogen-bond acceptors (Lipinski definition) is 3. The van der Waals surface area contributed by atoms with Crippen LogP contribution in [0.25, 0.3) is 0 Å². The molecule has 0 spiro atoms. The van der Waals surface area contributed by atoms with Crippen molar-refractivity contribution in [3.8, 4) is 0 Å². The van der Waals surface area contributed by atoms with Gasteiger partial charge in [-0.15, -0.1) is 0 Å². The minimum Gasteiger partial charge on any atom is -0.340 e. The number of amides is 4. The summed E-state index contributed by atoms with van der Waals surface area (Å²) in [4.78, 5) is 40.5. The van der Waals surface area contributed by atoms with Crippen LogP contribution in [0, 0.1) is 6.92 Å². The van der Waals surface area contributed by atoms with Crippen LogP contribution in [0.4, 0.5) is 4.79 Å². The maximum absolute atomic E-state index is 13.0. The monoisotopic (exact) mass is 443 g/mol. The van der Waals surface area contributed by atoms with Crippen molar-refractivity contribution in [1.29, 1.82) is 0 Å². The molecule has 1 unspecified atom stereocenters. The Labute approximate surface area is 172 Å². The van der Waals surface area contributed by atoms with E-state index in [0.29, 0.717) is 12.1 Å². The van der Waals surface area contributed by atoms with E-state index >= 15 is 0 Å². The van der Waals surface area contributed by atoms with Crippen molar-refractivity contribution in [2.75, 3.05) is 13.6 Å². The number of nitrogens with zero attached hydrogens (tertiary/aromatic N) is 2. The van der Waals surface area contributed by atoms with E-state index in [9.17, 15) is 14.4 Å². The number of urea groups is 1. The number of aryl methyl sites for hydroxylation is 1. The highest BCUT2D eigenvalue weighted by atomic mass is 79.9. The van der Waals surface area contributed by atoms with Gasteiger partial charge < -0.3 is 10.2 Å². The highest BCUT2D eigenvalue weighted by Gasteiger charge is 2.49. The third-order valence-electron chi connectivity index (χ3n) is 4.99. The SMILES string of the molecule is Cc1ccc(C2(C)NC(=O)N(CC(=O)N(C)Cc3ccccc3Br)C2=O)cc1. The van der Waals surface area contributed by atoms with Crippen molar-refractivity contribution in [2.24, 2.45) is 0 Å². The van der Waals surface area contributed by atoms with Crippen LogP contribution in [0.1, 0.15) is 23.6 Å². The maximum atomic E-state index is 13.0. The van der Waals surface area contributed by atoms with Crippen LogP contribution in [0.2, 0.25) is 0 Å². The fourth-order valence-corrected chi connectivity index (χ4v) is 3.56. The number of imide groups is 1. The quantitative estimate of drug-likeness (QED) is 0.721. The molecule has 1 aliphatic heterocycles. The molecule has 1 atom stereocenters. The average molecular weight is 444 g/mol. The summed E-state index contributed by atoms with van der Waals surface area (Å²) in [6, 6.07) is 14.5. The number of hydrogen-bond donors (Lipinski definition) is 1. The smallest absolute Gasteiger partial charge is 0.325 e. The molecule has 1 saturated heterocycles. The third kappa shape index (κ3) is 3.80. The number of nitrogens with one attached hydrogen (secondary N) is 1. The second-order valence-electron chi connectivity index (χ2n) is 7.15. The minimum absolute atomic E-state index is 0.299. The number of halogens is 1. The molecule has 7 heteroatoms. The van der Waals surface area contributed by atoms with Gasteiger partial charge in [-0.3, -0.25) is 14.5 Å². The zero-order chi connectivity index (χ0) is 20.5. The molecule has 0 saturated carbocycles. The molecule has 6 nitrogen and oxygen atoms in total. The van der Waals surface area contributed by atoms with Crippen LogP contribution in [0.5, 0.6) is 0 Å². The second-order valence-corrected chi connectivity index (χ2v) is 8.01. The molecule has 0 aromatic heterocycles. The van der Waals surface area contributed by atoms with Crippen LogP contribution in [0.15, 0.2) is 53.0 Å². The molecular weight excluding hydrogens is 422 g/mol. The van der Waals surface area contributed by atoms with Crippen LogP contribution < -0.4 is 5.32 Å². The Bertz CT molecular complexity index is 929. The first-order valence-electron chi connectivity index (χ1n) is 8.91. The number of likely N-dealkylation sites (N-methyl/N-ethyl adjacent to an activating group) is 1. The van der Waals surface area contributed by atoms with Gasteiger partial charge in [0.05, 0.1) is 0 Å². The zero-order valence-corrected chi connectivity index (χ0v) is 17.6. The molecule has 0 aliphatic carbocycles. The van der Waals surface area contributed by atoms with Crippen molar-refractivity contribution >= 4 is 33.8 Å². The van der Waals surface area contributed by atoms with E-state index in [1.54, 1.807) is 14.0 Å². The van der Waals surface area contributed by atoms with E-state index in [-0.39, 0.29) is 12.5 Å². The molecule has 1 aliphatic rings. The molecule has 1 N–H and O–H groups in total. The fraction of sp³-hybridized carbons (Fsp3) is 0.286. The molecule has 3 rings (SSSR count). The van der Waals surface area contributed by atoms with Gasteiger partial charge in [-0.25, -0.2) is 4.79 Å². The van der Waals surface area contributed by atoms with Crippen LogP contribution >= 0.6 is 15.9 Å². The number of carbonyl (C=O) groups is 3.